The van der Waals surface area contributed by atoms with Crippen molar-refractivity contribution in [2.24, 2.45) is 5.92 Å². The molecule has 3 amide bonds. The first-order valence-electron chi connectivity index (χ1n) is 15.0. The number of esters is 1. The number of nitrogens with one attached hydrogen (secondary N) is 2. The monoisotopic (exact) mass is 575 g/mol. The summed E-state index contributed by atoms with van der Waals surface area (Å²) in [6.07, 6.45) is 3.38. The Labute approximate surface area is 247 Å². The van der Waals surface area contributed by atoms with Crippen LogP contribution in [0.2, 0.25) is 0 Å². The molecule has 1 rings (SSSR count). The van der Waals surface area contributed by atoms with Crippen LogP contribution in [0.5, 0.6) is 0 Å². The Morgan fingerprint density at radius 2 is 1.59 bits per heavy atom. The molecule has 0 bridgehead atoms. The van der Waals surface area contributed by atoms with Gasteiger partial charge < -0.3 is 25.0 Å². The summed E-state index contributed by atoms with van der Waals surface area (Å²) in [6, 6.07) is 4.01. The summed E-state index contributed by atoms with van der Waals surface area (Å²) in [7, 11) is 0. The summed E-state index contributed by atoms with van der Waals surface area (Å²) < 4.78 is 10.5. The highest BCUT2D eigenvalue weighted by molar-refractivity contribution is 5.92. The van der Waals surface area contributed by atoms with Crippen molar-refractivity contribution in [1.82, 2.24) is 15.5 Å². The maximum Gasteiger partial charge on any atom is 0.408 e. The van der Waals surface area contributed by atoms with Crippen LogP contribution in [-0.4, -0.2) is 60.1 Å². The van der Waals surface area contributed by atoms with Crippen molar-refractivity contribution in [2.45, 2.75) is 119 Å². The van der Waals surface area contributed by atoms with E-state index < -0.39 is 29.7 Å². The van der Waals surface area contributed by atoms with E-state index in [9.17, 15) is 19.2 Å². The number of unbranched alkanes of at least 4 members (excludes halogenated alkanes) is 3. The summed E-state index contributed by atoms with van der Waals surface area (Å²) in [5.74, 6) is -1.03. The second-order valence-corrected chi connectivity index (χ2v) is 12.1. The summed E-state index contributed by atoms with van der Waals surface area (Å²) in [5, 5.41) is 5.63. The Hall–Kier alpha value is -3.10. The molecule has 9 heteroatoms. The number of carbonyl (C=O) groups excluding carboxylic acids is 4. The molecule has 2 atom stereocenters. The van der Waals surface area contributed by atoms with E-state index in [1.165, 1.54) is 0 Å². The molecule has 41 heavy (non-hydrogen) atoms. The molecule has 2 unspecified atom stereocenters. The van der Waals surface area contributed by atoms with Crippen LogP contribution >= 0.6 is 0 Å². The van der Waals surface area contributed by atoms with Gasteiger partial charge in [0.15, 0.2) is 0 Å². The van der Waals surface area contributed by atoms with Gasteiger partial charge >= 0.3 is 12.1 Å². The number of alkyl carbamates (subject to hydrolysis) is 1. The third-order valence-electron chi connectivity index (χ3n) is 6.29. The Morgan fingerprint density at radius 3 is 2.12 bits per heavy atom. The smallest absolute Gasteiger partial charge is 0.408 e. The number of aryl methyl sites for hydroxylation is 2. The van der Waals surface area contributed by atoms with Crippen molar-refractivity contribution in [1.29, 1.82) is 0 Å². The molecular weight excluding hydrogens is 522 g/mol. The molecule has 0 aliphatic heterocycles. The highest BCUT2D eigenvalue weighted by Crippen LogP contribution is 2.27. The van der Waals surface area contributed by atoms with E-state index in [0.717, 1.165) is 30.4 Å². The van der Waals surface area contributed by atoms with E-state index >= 15 is 0 Å². The molecule has 0 saturated heterocycles. The largest absolute Gasteiger partial charge is 0.466 e. The number of benzene rings is 1. The first kappa shape index (κ1) is 35.9. The minimum atomic E-state index is -0.944. The average molecular weight is 576 g/mol. The van der Waals surface area contributed by atoms with E-state index in [1.54, 1.807) is 32.6 Å². The molecule has 1 aromatic rings. The Balaban J connectivity index is 3.51. The molecule has 0 aliphatic rings. The van der Waals surface area contributed by atoms with Crippen molar-refractivity contribution in [3.05, 3.63) is 34.9 Å². The molecule has 0 fully saturated rings. The topological polar surface area (TPSA) is 114 Å². The van der Waals surface area contributed by atoms with Crippen LogP contribution < -0.4 is 10.6 Å². The summed E-state index contributed by atoms with van der Waals surface area (Å²) in [6.45, 7) is 17.7. The van der Waals surface area contributed by atoms with Crippen LogP contribution in [0.15, 0.2) is 18.2 Å². The van der Waals surface area contributed by atoms with Gasteiger partial charge in [-0.2, -0.15) is 0 Å². The van der Waals surface area contributed by atoms with Crippen LogP contribution in [0, 0.1) is 19.8 Å². The average Bonchev–Trinajstić information content (AvgIpc) is 2.83. The third-order valence-corrected chi connectivity index (χ3v) is 6.29. The highest BCUT2D eigenvalue weighted by atomic mass is 16.6. The highest BCUT2D eigenvalue weighted by Gasteiger charge is 2.36. The number of hydrogen-bond acceptors (Lipinski definition) is 6. The zero-order valence-electron chi connectivity index (χ0n) is 26.7. The van der Waals surface area contributed by atoms with Crippen molar-refractivity contribution in [3.8, 4) is 0 Å². The van der Waals surface area contributed by atoms with Crippen LogP contribution in [0.3, 0.4) is 0 Å². The third kappa shape index (κ3) is 13.9. The normalized spacial score (nSPS) is 12.8. The molecule has 9 nitrogen and oxygen atoms in total. The molecule has 0 saturated carbocycles. The lowest BCUT2D eigenvalue weighted by Crippen LogP contribution is -2.53. The predicted molar refractivity (Wildman–Crippen MR) is 161 cm³/mol. The molecule has 0 aliphatic carbocycles. The lowest BCUT2D eigenvalue weighted by Gasteiger charge is -2.35. The molecule has 0 radical (unpaired) electrons. The number of ether oxygens (including phenoxy) is 2. The minimum absolute atomic E-state index is 0.0275. The number of nitrogens with zero attached hydrogens (tertiary/aromatic N) is 1. The predicted octanol–water partition coefficient (Wildman–Crippen LogP) is 5.76. The van der Waals surface area contributed by atoms with Crippen LogP contribution in [0.1, 0.15) is 110 Å². The Kier molecular flexibility index (Phi) is 15.5. The fourth-order valence-corrected chi connectivity index (χ4v) is 4.68. The van der Waals surface area contributed by atoms with E-state index in [-0.39, 0.29) is 37.3 Å². The van der Waals surface area contributed by atoms with E-state index in [2.05, 4.69) is 17.6 Å². The van der Waals surface area contributed by atoms with Crippen molar-refractivity contribution in [2.75, 3.05) is 19.7 Å². The zero-order valence-corrected chi connectivity index (χ0v) is 26.7. The van der Waals surface area contributed by atoms with E-state index in [0.29, 0.717) is 24.9 Å². The van der Waals surface area contributed by atoms with Gasteiger partial charge in [-0.3, -0.25) is 14.4 Å². The second-order valence-electron chi connectivity index (χ2n) is 12.1. The van der Waals surface area contributed by atoms with Crippen LogP contribution in [-0.2, 0) is 23.9 Å². The SMILES string of the molecule is CCCCCCN(C(=O)C(CC(C)C)NC(=O)OC(C)(C)C)C(C(=O)NCCC(=O)OCC)c1cc(C)cc(C)c1. The van der Waals surface area contributed by atoms with Crippen molar-refractivity contribution < 1.29 is 28.7 Å². The van der Waals surface area contributed by atoms with Crippen LogP contribution in [0.25, 0.3) is 0 Å². The number of carbonyl (C=O) groups is 4. The first-order chi connectivity index (χ1) is 19.2. The summed E-state index contributed by atoms with van der Waals surface area (Å²) >= 11 is 0. The van der Waals surface area contributed by atoms with Gasteiger partial charge in [0, 0.05) is 13.1 Å². The van der Waals surface area contributed by atoms with Gasteiger partial charge in [0.2, 0.25) is 11.8 Å². The van der Waals surface area contributed by atoms with Gasteiger partial charge in [-0.1, -0.05) is 69.4 Å². The quantitative estimate of drug-likeness (QED) is 0.191. The molecule has 1 aromatic carbocycles. The lowest BCUT2D eigenvalue weighted by atomic mass is 9.96. The van der Waals surface area contributed by atoms with Gasteiger partial charge in [-0.25, -0.2) is 4.79 Å². The molecule has 2 N–H and O–H groups in total. The fourth-order valence-electron chi connectivity index (χ4n) is 4.68. The first-order valence-corrected chi connectivity index (χ1v) is 15.0. The molecule has 0 aromatic heterocycles. The van der Waals surface area contributed by atoms with Crippen molar-refractivity contribution in [3.63, 3.8) is 0 Å². The maximum absolute atomic E-state index is 14.3. The Bertz CT molecular complexity index is 981. The standard InChI is InChI=1S/C32H53N3O6/c1-10-12-13-14-17-35(30(38)26(18-22(3)4)34-31(39)41-32(7,8)9)28(25-20-23(5)19-24(6)21-25)29(37)33-16-15-27(36)40-11-2/h19-22,26,28H,10-18H2,1-9H3,(H,33,37)(H,34,39). The maximum atomic E-state index is 14.3. The molecule has 0 spiro atoms. The van der Waals surface area contributed by atoms with Gasteiger partial charge in [-0.15, -0.1) is 0 Å². The van der Waals surface area contributed by atoms with Crippen LogP contribution in [0.4, 0.5) is 4.79 Å². The minimum Gasteiger partial charge on any atom is -0.466 e. The van der Waals surface area contributed by atoms with E-state index in [4.69, 9.17) is 9.47 Å². The molecule has 0 heterocycles. The lowest BCUT2D eigenvalue weighted by molar-refractivity contribution is -0.144. The number of amides is 3. The van der Waals surface area contributed by atoms with E-state index in [1.807, 2.05) is 45.9 Å². The summed E-state index contributed by atoms with van der Waals surface area (Å²) in [5.41, 5.74) is 1.89. The summed E-state index contributed by atoms with van der Waals surface area (Å²) in [4.78, 5) is 54.4. The van der Waals surface area contributed by atoms with Crippen molar-refractivity contribution >= 4 is 23.9 Å². The van der Waals surface area contributed by atoms with Gasteiger partial charge in [0.1, 0.15) is 17.7 Å². The molecule has 232 valence electrons. The number of hydrogen-bond donors (Lipinski definition) is 2. The van der Waals surface area contributed by atoms with Gasteiger partial charge in [0.05, 0.1) is 13.0 Å². The zero-order chi connectivity index (χ0) is 31.2. The molecular formula is C32H53N3O6. The second kappa shape index (κ2) is 17.7. The fraction of sp³-hybridized carbons (Fsp3) is 0.688. The Morgan fingerprint density at radius 1 is 0.951 bits per heavy atom. The number of rotatable bonds is 16. The van der Waals surface area contributed by atoms with Gasteiger partial charge in [0.25, 0.3) is 0 Å². The van der Waals surface area contributed by atoms with Gasteiger partial charge in [-0.05, 0) is 65.9 Å².